The molecule has 3 aliphatic heterocycles. The molecule has 2 saturated heterocycles. The predicted molar refractivity (Wildman–Crippen MR) is 116 cm³/mol. The van der Waals surface area contributed by atoms with Crippen molar-refractivity contribution in [1.82, 2.24) is 10.2 Å². The van der Waals surface area contributed by atoms with Gasteiger partial charge in [-0.15, -0.1) is 0 Å². The van der Waals surface area contributed by atoms with Gasteiger partial charge in [0.2, 0.25) is 11.8 Å². The average molecular weight is 426 g/mol. The maximum atomic E-state index is 12.9. The predicted octanol–water partition coefficient (Wildman–Crippen LogP) is 2.77. The molecule has 0 aromatic heterocycles. The SMILES string of the molecule is O=C1CCC(N2Cc3cc(N4CCC(OC5CCCCC5)CC4)ccc3C2=O)C(=O)N1. The van der Waals surface area contributed by atoms with Crippen molar-refractivity contribution in [3.8, 4) is 0 Å². The van der Waals surface area contributed by atoms with E-state index in [-0.39, 0.29) is 24.1 Å². The van der Waals surface area contributed by atoms with E-state index in [0.29, 0.717) is 30.7 Å². The number of nitrogens with one attached hydrogen (secondary N) is 1. The zero-order chi connectivity index (χ0) is 21.4. The lowest BCUT2D eigenvalue weighted by atomic mass is 9.97. The summed E-state index contributed by atoms with van der Waals surface area (Å²) in [6.07, 6.45) is 9.93. The van der Waals surface area contributed by atoms with Gasteiger partial charge in [0.05, 0.1) is 12.2 Å². The first-order chi connectivity index (χ1) is 15.1. The highest BCUT2D eigenvalue weighted by molar-refractivity contribution is 6.05. The van der Waals surface area contributed by atoms with Crippen LogP contribution in [0.5, 0.6) is 0 Å². The van der Waals surface area contributed by atoms with E-state index >= 15 is 0 Å². The molecule has 1 aromatic carbocycles. The summed E-state index contributed by atoms with van der Waals surface area (Å²) in [5.41, 5.74) is 2.77. The third kappa shape index (κ3) is 4.20. The Morgan fingerprint density at radius 1 is 0.903 bits per heavy atom. The van der Waals surface area contributed by atoms with E-state index in [4.69, 9.17) is 4.74 Å². The van der Waals surface area contributed by atoms with Crippen molar-refractivity contribution in [1.29, 1.82) is 0 Å². The van der Waals surface area contributed by atoms with Gasteiger partial charge < -0.3 is 14.5 Å². The van der Waals surface area contributed by atoms with Gasteiger partial charge in [-0.25, -0.2) is 0 Å². The quantitative estimate of drug-likeness (QED) is 0.751. The molecule has 7 nitrogen and oxygen atoms in total. The van der Waals surface area contributed by atoms with Gasteiger partial charge in [0.15, 0.2) is 0 Å². The summed E-state index contributed by atoms with van der Waals surface area (Å²) >= 11 is 0. The van der Waals surface area contributed by atoms with Crippen LogP contribution in [0.25, 0.3) is 0 Å². The Bertz CT molecular complexity index is 872. The molecule has 1 saturated carbocycles. The number of piperidine rings is 2. The highest BCUT2D eigenvalue weighted by Gasteiger charge is 2.39. The van der Waals surface area contributed by atoms with Crippen LogP contribution in [-0.4, -0.2) is 54.0 Å². The minimum atomic E-state index is -0.561. The van der Waals surface area contributed by atoms with Gasteiger partial charge in [0, 0.05) is 37.3 Å². The van der Waals surface area contributed by atoms with Crippen molar-refractivity contribution in [3.63, 3.8) is 0 Å². The number of hydrogen-bond donors (Lipinski definition) is 1. The number of nitrogens with zero attached hydrogens (tertiary/aromatic N) is 2. The van der Waals surface area contributed by atoms with Crippen molar-refractivity contribution in [3.05, 3.63) is 29.3 Å². The molecule has 5 rings (SSSR count). The maximum Gasteiger partial charge on any atom is 0.255 e. The fourth-order valence-corrected chi connectivity index (χ4v) is 5.48. The summed E-state index contributed by atoms with van der Waals surface area (Å²) in [5, 5.41) is 2.36. The molecular weight excluding hydrogens is 394 g/mol. The molecule has 166 valence electrons. The number of amides is 3. The Morgan fingerprint density at radius 3 is 2.39 bits per heavy atom. The Balaban J connectivity index is 1.21. The zero-order valence-corrected chi connectivity index (χ0v) is 18.0. The highest BCUT2D eigenvalue weighted by Crippen LogP contribution is 2.32. The lowest BCUT2D eigenvalue weighted by Crippen LogP contribution is -2.52. The summed E-state index contributed by atoms with van der Waals surface area (Å²) < 4.78 is 6.36. The molecule has 31 heavy (non-hydrogen) atoms. The Hall–Kier alpha value is -2.41. The molecule has 0 bridgehead atoms. The van der Waals surface area contributed by atoms with Crippen LogP contribution in [0, 0.1) is 0 Å². The highest BCUT2D eigenvalue weighted by atomic mass is 16.5. The third-order valence-electron chi connectivity index (χ3n) is 7.25. The molecule has 0 spiro atoms. The van der Waals surface area contributed by atoms with E-state index < -0.39 is 6.04 Å². The molecule has 1 unspecified atom stereocenters. The van der Waals surface area contributed by atoms with E-state index in [1.165, 1.54) is 32.1 Å². The Morgan fingerprint density at radius 2 is 1.65 bits per heavy atom. The number of benzene rings is 1. The molecule has 7 heteroatoms. The minimum absolute atomic E-state index is 0.115. The van der Waals surface area contributed by atoms with Crippen molar-refractivity contribution in [2.75, 3.05) is 18.0 Å². The van der Waals surface area contributed by atoms with Crippen LogP contribution in [0.4, 0.5) is 5.69 Å². The first-order valence-corrected chi connectivity index (χ1v) is 11.8. The van der Waals surface area contributed by atoms with Gasteiger partial charge >= 0.3 is 0 Å². The molecule has 4 aliphatic rings. The molecule has 3 amide bonds. The molecule has 1 aromatic rings. The Labute approximate surface area is 183 Å². The Kier molecular flexibility index (Phi) is 5.69. The van der Waals surface area contributed by atoms with Crippen LogP contribution >= 0.6 is 0 Å². The summed E-state index contributed by atoms with van der Waals surface area (Å²) in [6, 6.07) is 5.45. The van der Waals surface area contributed by atoms with Crippen LogP contribution in [-0.2, 0) is 20.9 Å². The monoisotopic (exact) mass is 425 g/mol. The normalized spacial score (nSPS) is 25.7. The average Bonchev–Trinajstić information content (AvgIpc) is 3.10. The smallest absolute Gasteiger partial charge is 0.255 e. The van der Waals surface area contributed by atoms with Gasteiger partial charge in [-0.05, 0) is 55.9 Å². The van der Waals surface area contributed by atoms with Crippen LogP contribution < -0.4 is 10.2 Å². The first kappa shape index (κ1) is 20.5. The molecule has 0 radical (unpaired) electrons. The number of carbonyl (C=O) groups excluding carboxylic acids is 3. The number of fused-ring (bicyclic) bond motifs is 1. The maximum absolute atomic E-state index is 12.9. The van der Waals surface area contributed by atoms with Crippen molar-refractivity contribution >= 4 is 23.4 Å². The summed E-state index contributed by atoms with van der Waals surface area (Å²) in [7, 11) is 0. The summed E-state index contributed by atoms with van der Waals surface area (Å²) in [4.78, 5) is 40.5. The zero-order valence-electron chi connectivity index (χ0n) is 18.0. The van der Waals surface area contributed by atoms with Gasteiger partial charge in [-0.3, -0.25) is 19.7 Å². The van der Waals surface area contributed by atoms with E-state index in [9.17, 15) is 14.4 Å². The number of imide groups is 1. The third-order valence-corrected chi connectivity index (χ3v) is 7.25. The number of carbonyl (C=O) groups is 3. The van der Waals surface area contributed by atoms with Crippen LogP contribution in [0.3, 0.4) is 0 Å². The number of anilines is 1. The fourth-order valence-electron chi connectivity index (χ4n) is 5.48. The van der Waals surface area contributed by atoms with Crippen molar-refractivity contribution in [2.24, 2.45) is 0 Å². The van der Waals surface area contributed by atoms with Gasteiger partial charge in [-0.2, -0.15) is 0 Å². The van der Waals surface area contributed by atoms with E-state index in [1.807, 2.05) is 12.1 Å². The van der Waals surface area contributed by atoms with Gasteiger partial charge in [0.1, 0.15) is 6.04 Å². The molecule has 1 aliphatic carbocycles. The number of rotatable bonds is 4. The lowest BCUT2D eigenvalue weighted by molar-refractivity contribution is -0.136. The second-order valence-electron chi connectivity index (χ2n) is 9.32. The van der Waals surface area contributed by atoms with Crippen LogP contribution in [0.15, 0.2) is 18.2 Å². The number of hydrogen-bond acceptors (Lipinski definition) is 5. The van der Waals surface area contributed by atoms with E-state index in [0.717, 1.165) is 37.2 Å². The van der Waals surface area contributed by atoms with Crippen molar-refractivity contribution in [2.45, 2.75) is 82.6 Å². The largest absolute Gasteiger partial charge is 0.375 e. The lowest BCUT2D eigenvalue weighted by Gasteiger charge is -2.36. The van der Waals surface area contributed by atoms with Crippen molar-refractivity contribution < 1.29 is 19.1 Å². The second kappa shape index (κ2) is 8.61. The summed E-state index contributed by atoms with van der Waals surface area (Å²) in [6.45, 7) is 2.34. The summed E-state index contributed by atoms with van der Waals surface area (Å²) in [5.74, 6) is -0.739. The molecule has 1 N–H and O–H groups in total. The standard InChI is InChI=1S/C24H31N3O4/c28-22-9-8-21(23(29)25-22)27-15-16-14-17(6-7-20(16)24(27)30)26-12-10-19(11-13-26)31-18-4-2-1-3-5-18/h6-7,14,18-19,21H,1-5,8-13,15H2,(H,25,28,29). The minimum Gasteiger partial charge on any atom is -0.375 e. The first-order valence-electron chi connectivity index (χ1n) is 11.8. The molecular formula is C24H31N3O4. The van der Waals surface area contributed by atoms with E-state index in [1.54, 1.807) is 4.90 Å². The van der Waals surface area contributed by atoms with E-state index in [2.05, 4.69) is 16.3 Å². The van der Waals surface area contributed by atoms with Gasteiger partial charge in [-0.1, -0.05) is 19.3 Å². The molecule has 3 heterocycles. The topological polar surface area (TPSA) is 79.0 Å². The van der Waals surface area contributed by atoms with Crippen LogP contribution in [0.2, 0.25) is 0 Å². The van der Waals surface area contributed by atoms with Gasteiger partial charge in [0.25, 0.3) is 5.91 Å². The second-order valence-corrected chi connectivity index (χ2v) is 9.32. The molecule has 3 fully saturated rings. The number of ether oxygens (including phenoxy) is 1. The van der Waals surface area contributed by atoms with Crippen LogP contribution in [0.1, 0.15) is 73.7 Å². The molecule has 1 atom stereocenters. The fraction of sp³-hybridized carbons (Fsp3) is 0.625.